The van der Waals surface area contributed by atoms with Crippen LogP contribution in [0.15, 0.2) is 51.8 Å². The summed E-state index contributed by atoms with van der Waals surface area (Å²) < 4.78 is 7.00. The van der Waals surface area contributed by atoms with Gasteiger partial charge in [-0.3, -0.25) is 0 Å². The minimum Gasteiger partial charge on any atom is -0.456 e. The third kappa shape index (κ3) is 4.01. The summed E-state index contributed by atoms with van der Waals surface area (Å²) in [4.78, 5) is 1.13. The molecule has 0 bridgehead atoms. The van der Waals surface area contributed by atoms with Gasteiger partial charge in [-0.05, 0) is 49.4 Å². The van der Waals surface area contributed by atoms with E-state index in [4.69, 9.17) is 10.5 Å². The maximum atomic E-state index is 5.96. The van der Waals surface area contributed by atoms with E-state index in [1.54, 1.807) is 11.8 Å². The fourth-order valence-corrected chi connectivity index (χ4v) is 2.98. The molecule has 2 nitrogen and oxygen atoms in total. The molecule has 0 amide bonds. The Morgan fingerprint density at radius 2 is 2.00 bits per heavy atom. The van der Waals surface area contributed by atoms with Gasteiger partial charge in [0.15, 0.2) is 0 Å². The van der Waals surface area contributed by atoms with Crippen LogP contribution in [0.3, 0.4) is 0 Å². The number of halogens is 1. The van der Waals surface area contributed by atoms with E-state index in [0.29, 0.717) is 0 Å². The summed E-state index contributed by atoms with van der Waals surface area (Å²) in [6, 6.07) is 14.2. The second kappa shape index (κ2) is 7.16. The number of benzene rings is 2. The summed E-state index contributed by atoms with van der Waals surface area (Å²) >= 11 is 5.26. The molecular formula is C16H18BrNOS. The number of nitrogens with two attached hydrogens (primary N) is 1. The maximum absolute atomic E-state index is 5.96. The normalized spacial score (nSPS) is 12.2. The third-order valence-corrected chi connectivity index (χ3v) is 4.38. The Bertz CT molecular complexity index is 586. The predicted molar refractivity (Wildman–Crippen MR) is 89.8 cm³/mol. The van der Waals surface area contributed by atoms with Gasteiger partial charge in [-0.2, -0.15) is 0 Å². The largest absolute Gasteiger partial charge is 0.456 e. The quantitative estimate of drug-likeness (QED) is 0.781. The van der Waals surface area contributed by atoms with Crippen LogP contribution in [-0.4, -0.2) is 12.3 Å². The zero-order chi connectivity index (χ0) is 14.5. The minimum atomic E-state index is 0.148. The van der Waals surface area contributed by atoms with E-state index in [2.05, 4.69) is 28.1 Å². The van der Waals surface area contributed by atoms with E-state index >= 15 is 0 Å². The lowest BCUT2D eigenvalue weighted by Crippen LogP contribution is -2.17. The van der Waals surface area contributed by atoms with Crippen molar-refractivity contribution in [2.45, 2.75) is 24.3 Å². The lowest BCUT2D eigenvalue weighted by Gasteiger charge is -2.12. The Kier molecular flexibility index (Phi) is 5.52. The number of hydrogen-bond donors (Lipinski definition) is 1. The molecule has 0 aromatic heterocycles. The van der Waals surface area contributed by atoms with E-state index in [-0.39, 0.29) is 6.04 Å². The lowest BCUT2D eigenvalue weighted by atomic mass is 10.1. The highest BCUT2D eigenvalue weighted by Crippen LogP contribution is 2.33. The number of para-hydroxylation sites is 1. The van der Waals surface area contributed by atoms with Gasteiger partial charge in [0.2, 0.25) is 0 Å². The standard InChI is InChI=1S/C16H18BrNOS/c1-11(18)9-12-7-8-13(10-14(12)17)19-15-5-3-4-6-16(15)20-2/h3-8,10-11H,9,18H2,1-2H3. The van der Waals surface area contributed by atoms with Gasteiger partial charge >= 0.3 is 0 Å². The number of ether oxygens (including phenoxy) is 1. The average Bonchev–Trinajstić information content (AvgIpc) is 2.42. The molecule has 0 aliphatic heterocycles. The molecule has 0 aliphatic rings. The molecule has 2 aromatic rings. The van der Waals surface area contributed by atoms with E-state index in [1.807, 2.05) is 43.5 Å². The molecule has 0 radical (unpaired) electrons. The second-order valence-corrected chi connectivity index (χ2v) is 6.39. The van der Waals surface area contributed by atoms with Gasteiger partial charge in [-0.25, -0.2) is 0 Å². The molecule has 1 unspecified atom stereocenters. The molecule has 0 saturated carbocycles. The van der Waals surface area contributed by atoms with Crippen LogP contribution in [0.25, 0.3) is 0 Å². The van der Waals surface area contributed by atoms with E-state index in [0.717, 1.165) is 27.3 Å². The van der Waals surface area contributed by atoms with Crippen molar-refractivity contribution < 1.29 is 4.74 Å². The van der Waals surface area contributed by atoms with Crippen molar-refractivity contribution in [1.82, 2.24) is 0 Å². The predicted octanol–water partition coefficient (Wildman–Crippen LogP) is 4.85. The topological polar surface area (TPSA) is 35.2 Å². The fourth-order valence-electron chi connectivity index (χ4n) is 1.93. The van der Waals surface area contributed by atoms with Crippen molar-refractivity contribution in [2.75, 3.05) is 6.26 Å². The molecule has 2 N–H and O–H groups in total. The van der Waals surface area contributed by atoms with Gasteiger partial charge in [0.05, 0.1) is 0 Å². The zero-order valence-electron chi connectivity index (χ0n) is 11.6. The molecule has 0 aliphatic carbocycles. The van der Waals surface area contributed by atoms with Crippen LogP contribution in [0.4, 0.5) is 0 Å². The van der Waals surface area contributed by atoms with Crippen molar-refractivity contribution in [3.05, 3.63) is 52.5 Å². The van der Waals surface area contributed by atoms with Crippen LogP contribution in [0.5, 0.6) is 11.5 Å². The first kappa shape index (κ1) is 15.4. The Labute approximate surface area is 132 Å². The van der Waals surface area contributed by atoms with Crippen molar-refractivity contribution in [2.24, 2.45) is 5.73 Å². The molecule has 1 atom stereocenters. The minimum absolute atomic E-state index is 0.148. The molecule has 0 saturated heterocycles. The summed E-state index contributed by atoms with van der Waals surface area (Å²) in [5.74, 6) is 1.71. The number of hydrogen-bond acceptors (Lipinski definition) is 3. The first-order valence-electron chi connectivity index (χ1n) is 6.45. The van der Waals surface area contributed by atoms with Gasteiger partial charge in [0, 0.05) is 15.4 Å². The Morgan fingerprint density at radius 3 is 2.65 bits per heavy atom. The third-order valence-electron chi connectivity index (χ3n) is 2.86. The number of thioether (sulfide) groups is 1. The van der Waals surface area contributed by atoms with Crippen molar-refractivity contribution in [3.63, 3.8) is 0 Å². The van der Waals surface area contributed by atoms with E-state index < -0.39 is 0 Å². The van der Waals surface area contributed by atoms with Crippen LogP contribution in [0, 0.1) is 0 Å². The Morgan fingerprint density at radius 1 is 1.25 bits per heavy atom. The average molecular weight is 352 g/mol. The molecule has 2 rings (SSSR count). The van der Waals surface area contributed by atoms with Crippen molar-refractivity contribution in [3.8, 4) is 11.5 Å². The summed E-state index contributed by atoms with van der Waals surface area (Å²) in [6.45, 7) is 2.01. The highest BCUT2D eigenvalue weighted by atomic mass is 79.9. The molecular weight excluding hydrogens is 334 g/mol. The monoisotopic (exact) mass is 351 g/mol. The maximum Gasteiger partial charge on any atom is 0.140 e. The second-order valence-electron chi connectivity index (χ2n) is 4.69. The van der Waals surface area contributed by atoms with Gasteiger partial charge in [-0.1, -0.05) is 34.1 Å². The first-order valence-corrected chi connectivity index (χ1v) is 8.47. The Hall–Kier alpha value is -0.970. The lowest BCUT2D eigenvalue weighted by molar-refractivity contribution is 0.470. The molecule has 0 spiro atoms. The van der Waals surface area contributed by atoms with E-state index in [1.165, 1.54) is 5.56 Å². The molecule has 4 heteroatoms. The van der Waals surface area contributed by atoms with Gasteiger partial charge < -0.3 is 10.5 Å². The first-order chi connectivity index (χ1) is 9.60. The summed E-state index contributed by atoms with van der Waals surface area (Å²) in [5.41, 5.74) is 7.04. The van der Waals surface area contributed by atoms with Crippen LogP contribution in [-0.2, 0) is 6.42 Å². The molecule has 2 aromatic carbocycles. The SMILES string of the molecule is CSc1ccccc1Oc1ccc(CC(C)N)c(Br)c1. The zero-order valence-corrected chi connectivity index (χ0v) is 14.0. The molecule has 0 heterocycles. The van der Waals surface area contributed by atoms with Crippen LogP contribution < -0.4 is 10.5 Å². The van der Waals surface area contributed by atoms with Gasteiger partial charge in [0.1, 0.15) is 11.5 Å². The molecule has 20 heavy (non-hydrogen) atoms. The van der Waals surface area contributed by atoms with Crippen LogP contribution in [0.1, 0.15) is 12.5 Å². The smallest absolute Gasteiger partial charge is 0.140 e. The van der Waals surface area contributed by atoms with Gasteiger partial charge in [0.25, 0.3) is 0 Å². The fraction of sp³-hybridized carbons (Fsp3) is 0.250. The van der Waals surface area contributed by atoms with E-state index in [9.17, 15) is 0 Å². The van der Waals surface area contributed by atoms with Crippen molar-refractivity contribution in [1.29, 1.82) is 0 Å². The van der Waals surface area contributed by atoms with Crippen LogP contribution >= 0.6 is 27.7 Å². The Balaban J connectivity index is 2.20. The molecule has 0 fully saturated rings. The van der Waals surface area contributed by atoms with Gasteiger partial charge in [-0.15, -0.1) is 11.8 Å². The molecule has 106 valence electrons. The summed E-state index contributed by atoms with van der Waals surface area (Å²) in [6.07, 6.45) is 2.89. The highest BCUT2D eigenvalue weighted by molar-refractivity contribution is 9.10. The van der Waals surface area contributed by atoms with Crippen molar-refractivity contribution >= 4 is 27.7 Å². The highest BCUT2D eigenvalue weighted by Gasteiger charge is 2.07. The van der Waals surface area contributed by atoms with Crippen LogP contribution in [0.2, 0.25) is 0 Å². The number of rotatable bonds is 5. The summed E-state index contributed by atoms with van der Waals surface area (Å²) in [5, 5.41) is 0. The summed E-state index contributed by atoms with van der Waals surface area (Å²) in [7, 11) is 0.